The van der Waals surface area contributed by atoms with Gasteiger partial charge in [0.2, 0.25) is 0 Å². The van der Waals surface area contributed by atoms with Crippen LogP contribution in [-0.4, -0.2) is 0 Å². The molecule has 0 saturated heterocycles. The van der Waals surface area contributed by atoms with Crippen LogP contribution in [0.4, 0.5) is 11.4 Å². The molecule has 16 heavy (non-hydrogen) atoms. The smallest absolute Gasteiger partial charge is 0.0527 e. The fourth-order valence-corrected chi connectivity index (χ4v) is 3.91. The Hall–Kier alpha value is -0.200. The van der Waals surface area contributed by atoms with Gasteiger partial charge in [-0.05, 0) is 59.0 Å². The van der Waals surface area contributed by atoms with Crippen LogP contribution in [0.25, 0.3) is 0 Å². The van der Waals surface area contributed by atoms with Crippen LogP contribution < -0.4 is 5.32 Å². The highest BCUT2D eigenvalue weighted by atomic mass is 127. The van der Waals surface area contributed by atoms with E-state index in [-0.39, 0.29) is 0 Å². The third-order valence-corrected chi connectivity index (χ3v) is 4.66. The third kappa shape index (κ3) is 1.98. The summed E-state index contributed by atoms with van der Waals surface area (Å²) in [5.41, 5.74) is 2.38. The Kier molecular flexibility index (Phi) is 2.89. The molecule has 0 saturated carbocycles. The minimum Gasteiger partial charge on any atom is -0.354 e. The molecule has 2 aromatic carbocycles. The largest absolute Gasteiger partial charge is 0.354 e. The molecule has 1 heterocycles. The van der Waals surface area contributed by atoms with E-state index in [1.807, 2.05) is 11.8 Å². The first kappa shape index (κ1) is 10.9. The molecule has 0 atom stereocenters. The SMILES string of the molecule is Brc1ccc2c(c1)Sc1cc(I)ccc1N2. The first-order valence-electron chi connectivity index (χ1n) is 4.76. The lowest BCUT2D eigenvalue weighted by atomic mass is 10.2. The average Bonchev–Trinajstić information content (AvgIpc) is 2.26. The molecular weight excluding hydrogens is 397 g/mol. The van der Waals surface area contributed by atoms with E-state index >= 15 is 0 Å². The first-order chi connectivity index (χ1) is 7.72. The van der Waals surface area contributed by atoms with Gasteiger partial charge in [0.1, 0.15) is 0 Å². The van der Waals surface area contributed by atoms with Crippen molar-refractivity contribution < 1.29 is 0 Å². The van der Waals surface area contributed by atoms with Crippen molar-refractivity contribution >= 4 is 61.7 Å². The summed E-state index contributed by atoms with van der Waals surface area (Å²) >= 11 is 7.66. The zero-order chi connectivity index (χ0) is 11.1. The number of hydrogen-bond acceptors (Lipinski definition) is 2. The van der Waals surface area contributed by atoms with Gasteiger partial charge >= 0.3 is 0 Å². The summed E-state index contributed by atoms with van der Waals surface area (Å²) in [5.74, 6) is 0. The minimum atomic E-state index is 1.12. The Morgan fingerprint density at radius 3 is 2.50 bits per heavy atom. The van der Waals surface area contributed by atoms with Crippen molar-refractivity contribution in [3.8, 4) is 0 Å². The molecule has 0 aromatic heterocycles. The fraction of sp³-hybridized carbons (Fsp3) is 0. The van der Waals surface area contributed by atoms with E-state index in [4.69, 9.17) is 0 Å². The summed E-state index contributed by atoms with van der Waals surface area (Å²) in [6.07, 6.45) is 0. The Labute approximate surface area is 120 Å². The van der Waals surface area contributed by atoms with Crippen LogP contribution >= 0.6 is 50.3 Å². The van der Waals surface area contributed by atoms with E-state index in [1.54, 1.807) is 0 Å². The standard InChI is InChI=1S/C12H7BrINS/c13-7-1-3-9-11(5-7)16-12-6-8(14)2-4-10(12)15-9/h1-6,15H. The van der Waals surface area contributed by atoms with Gasteiger partial charge in [-0.15, -0.1) is 0 Å². The van der Waals surface area contributed by atoms with Gasteiger partial charge in [-0.3, -0.25) is 0 Å². The highest BCUT2D eigenvalue weighted by Gasteiger charge is 2.15. The zero-order valence-electron chi connectivity index (χ0n) is 8.13. The quantitative estimate of drug-likeness (QED) is 0.513. The van der Waals surface area contributed by atoms with Crippen LogP contribution in [0.5, 0.6) is 0 Å². The molecule has 1 nitrogen and oxygen atoms in total. The molecule has 0 aliphatic carbocycles. The van der Waals surface area contributed by atoms with Gasteiger partial charge < -0.3 is 5.32 Å². The highest BCUT2D eigenvalue weighted by molar-refractivity contribution is 14.1. The van der Waals surface area contributed by atoms with E-state index in [1.165, 1.54) is 24.7 Å². The van der Waals surface area contributed by atoms with E-state index < -0.39 is 0 Å². The summed E-state index contributed by atoms with van der Waals surface area (Å²) < 4.78 is 2.39. The highest BCUT2D eigenvalue weighted by Crippen LogP contribution is 2.45. The van der Waals surface area contributed by atoms with Crippen LogP contribution in [0.1, 0.15) is 0 Å². The number of fused-ring (bicyclic) bond motifs is 2. The second kappa shape index (κ2) is 4.23. The lowest BCUT2D eigenvalue weighted by Crippen LogP contribution is -1.99. The molecule has 80 valence electrons. The maximum Gasteiger partial charge on any atom is 0.0527 e. The van der Waals surface area contributed by atoms with Crippen molar-refractivity contribution in [2.45, 2.75) is 9.79 Å². The lowest BCUT2D eigenvalue weighted by Gasteiger charge is -2.20. The Balaban J connectivity index is 2.10. The number of hydrogen-bond donors (Lipinski definition) is 1. The van der Waals surface area contributed by atoms with Crippen molar-refractivity contribution in [1.82, 2.24) is 0 Å². The van der Waals surface area contributed by atoms with Crippen molar-refractivity contribution in [1.29, 1.82) is 0 Å². The first-order valence-corrected chi connectivity index (χ1v) is 7.45. The van der Waals surface area contributed by atoms with Gasteiger partial charge in [-0.1, -0.05) is 27.7 Å². The van der Waals surface area contributed by atoms with Crippen molar-refractivity contribution in [3.05, 3.63) is 44.4 Å². The molecule has 0 radical (unpaired) electrons. The Morgan fingerprint density at radius 2 is 1.69 bits per heavy atom. The summed E-state index contributed by atoms with van der Waals surface area (Å²) in [7, 11) is 0. The molecule has 1 N–H and O–H groups in total. The second-order valence-electron chi connectivity index (χ2n) is 3.51. The minimum absolute atomic E-state index is 1.12. The van der Waals surface area contributed by atoms with Gasteiger partial charge in [0.25, 0.3) is 0 Å². The van der Waals surface area contributed by atoms with Crippen LogP contribution in [0.2, 0.25) is 0 Å². The normalized spacial score (nSPS) is 12.6. The van der Waals surface area contributed by atoms with Crippen molar-refractivity contribution in [2.75, 3.05) is 5.32 Å². The molecule has 4 heteroatoms. The van der Waals surface area contributed by atoms with Crippen LogP contribution in [-0.2, 0) is 0 Å². The zero-order valence-corrected chi connectivity index (χ0v) is 12.7. The van der Waals surface area contributed by atoms with E-state index in [2.05, 4.69) is 80.2 Å². The third-order valence-electron chi connectivity index (χ3n) is 2.38. The van der Waals surface area contributed by atoms with Crippen LogP contribution in [0.3, 0.4) is 0 Å². The van der Waals surface area contributed by atoms with Crippen LogP contribution in [0.15, 0.2) is 50.7 Å². The second-order valence-corrected chi connectivity index (χ2v) is 6.75. The number of anilines is 2. The molecule has 1 aliphatic heterocycles. The topological polar surface area (TPSA) is 12.0 Å². The van der Waals surface area contributed by atoms with Gasteiger partial charge in [-0.25, -0.2) is 0 Å². The summed E-state index contributed by atoms with van der Waals surface area (Å²) in [6.45, 7) is 0. The molecule has 0 amide bonds. The maximum absolute atomic E-state index is 3.50. The van der Waals surface area contributed by atoms with Crippen molar-refractivity contribution in [3.63, 3.8) is 0 Å². The average molecular weight is 404 g/mol. The molecule has 0 fully saturated rings. The number of benzene rings is 2. The predicted molar refractivity (Wildman–Crippen MR) is 80.7 cm³/mol. The number of nitrogens with one attached hydrogen (secondary N) is 1. The predicted octanol–water partition coefficient (Wildman–Crippen LogP) is 5.26. The molecule has 0 spiro atoms. The molecular formula is C12H7BrINS. The molecule has 2 aromatic rings. The van der Waals surface area contributed by atoms with Crippen LogP contribution in [0, 0.1) is 3.57 Å². The molecule has 3 rings (SSSR count). The molecule has 0 bridgehead atoms. The van der Waals surface area contributed by atoms with Gasteiger partial charge in [0.05, 0.1) is 11.4 Å². The van der Waals surface area contributed by atoms with E-state index in [0.29, 0.717) is 0 Å². The Bertz CT molecular complexity index is 521. The molecule has 1 aliphatic rings. The Morgan fingerprint density at radius 1 is 1.00 bits per heavy atom. The monoisotopic (exact) mass is 403 g/mol. The summed E-state index contributed by atoms with van der Waals surface area (Å²) in [5, 5.41) is 3.45. The number of rotatable bonds is 0. The summed E-state index contributed by atoms with van der Waals surface area (Å²) in [4.78, 5) is 2.56. The summed E-state index contributed by atoms with van der Waals surface area (Å²) in [6, 6.07) is 12.8. The molecule has 0 unspecified atom stereocenters. The fourth-order valence-electron chi connectivity index (χ4n) is 1.63. The number of halogens is 2. The van der Waals surface area contributed by atoms with Gasteiger partial charge in [-0.2, -0.15) is 0 Å². The lowest BCUT2D eigenvalue weighted by molar-refractivity contribution is 1.30. The van der Waals surface area contributed by atoms with Gasteiger partial charge in [0.15, 0.2) is 0 Å². The van der Waals surface area contributed by atoms with E-state index in [9.17, 15) is 0 Å². The van der Waals surface area contributed by atoms with E-state index in [0.717, 1.165) is 4.47 Å². The van der Waals surface area contributed by atoms with Crippen molar-refractivity contribution in [2.24, 2.45) is 0 Å². The van der Waals surface area contributed by atoms with Gasteiger partial charge in [0, 0.05) is 17.8 Å². The maximum atomic E-state index is 3.50.